The molecule has 0 saturated heterocycles. The third-order valence-electron chi connectivity index (χ3n) is 9.26. The molecular weight excluding hydrogens is 330 g/mol. The van der Waals surface area contributed by atoms with Gasteiger partial charge in [-0.25, -0.2) is 8.78 Å². The van der Waals surface area contributed by atoms with Crippen LogP contribution in [0.5, 0.6) is 0 Å². The molecule has 7 atom stereocenters. The largest absolute Gasteiger partial charge is 0.384 e. The molecule has 4 rings (SSSR count). The molecule has 0 aliphatic heterocycles. The van der Waals surface area contributed by atoms with Gasteiger partial charge in [0.1, 0.15) is 5.60 Å². The number of halogens is 2. The summed E-state index contributed by atoms with van der Waals surface area (Å²) in [4.78, 5) is 0. The molecule has 4 unspecified atom stereocenters. The SMILES string of the molecule is CC/C=C1\CCC2C3CCC4(C)C[C@@](O)(C(F)F)CC[C@@H]4C3CC[C@]12C. The Balaban J connectivity index is 1.58. The number of aliphatic hydroxyl groups is 1. The van der Waals surface area contributed by atoms with Crippen LogP contribution in [-0.2, 0) is 0 Å². The summed E-state index contributed by atoms with van der Waals surface area (Å²) in [5.74, 6) is 2.78. The number of allylic oxidation sites excluding steroid dienone is 2. The van der Waals surface area contributed by atoms with E-state index >= 15 is 0 Å². The Hall–Kier alpha value is -0.440. The standard InChI is InChI=1S/C23H36F2O/c1-4-5-15-6-7-19-17-8-11-21(2)14-23(26,20(24)25)13-10-18(21)16(17)9-12-22(15,19)3/h5,16-20,26H,4,6-14H2,1-3H3/b15-5+/t16?,17?,18-,19?,21?,22-,23-/m1/s1. The number of alkyl halides is 2. The van der Waals surface area contributed by atoms with E-state index in [2.05, 4.69) is 26.8 Å². The fourth-order valence-corrected chi connectivity index (χ4v) is 8.02. The van der Waals surface area contributed by atoms with Crippen LogP contribution in [0.3, 0.4) is 0 Å². The van der Waals surface area contributed by atoms with Crippen LogP contribution in [-0.4, -0.2) is 17.1 Å². The average molecular weight is 367 g/mol. The van der Waals surface area contributed by atoms with Gasteiger partial charge >= 0.3 is 0 Å². The molecular formula is C23H36F2O. The molecule has 4 aliphatic carbocycles. The van der Waals surface area contributed by atoms with Crippen molar-refractivity contribution < 1.29 is 13.9 Å². The maximum Gasteiger partial charge on any atom is 0.266 e. The van der Waals surface area contributed by atoms with Crippen LogP contribution >= 0.6 is 0 Å². The van der Waals surface area contributed by atoms with E-state index in [0.717, 1.165) is 31.1 Å². The van der Waals surface area contributed by atoms with Crippen molar-refractivity contribution in [3.8, 4) is 0 Å². The first kappa shape index (κ1) is 18.9. The minimum Gasteiger partial charge on any atom is -0.384 e. The Morgan fingerprint density at radius 1 is 1.04 bits per heavy atom. The summed E-state index contributed by atoms with van der Waals surface area (Å²) in [5, 5.41) is 10.5. The molecule has 0 aromatic carbocycles. The summed E-state index contributed by atoms with van der Waals surface area (Å²) < 4.78 is 26.9. The lowest BCUT2D eigenvalue weighted by molar-refractivity contribution is -0.184. The third-order valence-corrected chi connectivity index (χ3v) is 9.26. The van der Waals surface area contributed by atoms with Gasteiger partial charge in [0.25, 0.3) is 6.43 Å². The van der Waals surface area contributed by atoms with Gasteiger partial charge < -0.3 is 5.11 Å². The Labute approximate surface area is 157 Å². The zero-order chi connectivity index (χ0) is 18.7. The van der Waals surface area contributed by atoms with E-state index in [1.807, 2.05) is 0 Å². The predicted molar refractivity (Wildman–Crippen MR) is 101 cm³/mol. The molecule has 0 radical (unpaired) electrons. The molecule has 0 aromatic heterocycles. The smallest absolute Gasteiger partial charge is 0.266 e. The molecule has 148 valence electrons. The molecule has 4 fully saturated rings. The van der Waals surface area contributed by atoms with Crippen molar-refractivity contribution in [2.45, 2.75) is 97.0 Å². The van der Waals surface area contributed by atoms with E-state index in [1.54, 1.807) is 5.57 Å². The van der Waals surface area contributed by atoms with Crippen molar-refractivity contribution in [2.75, 3.05) is 0 Å². The molecule has 0 bridgehead atoms. The van der Waals surface area contributed by atoms with Gasteiger partial charge in [0.05, 0.1) is 0 Å². The van der Waals surface area contributed by atoms with Crippen LogP contribution in [0.2, 0.25) is 0 Å². The first-order chi connectivity index (χ1) is 12.2. The summed E-state index contributed by atoms with van der Waals surface area (Å²) in [6, 6.07) is 0. The summed E-state index contributed by atoms with van der Waals surface area (Å²) in [5.41, 5.74) is 0.251. The van der Waals surface area contributed by atoms with Gasteiger partial charge in [-0.15, -0.1) is 0 Å². The lowest BCUT2D eigenvalue weighted by Gasteiger charge is -2.60. The average Bonchev–Trinajstić information content (AvgIpc) is 2.91. The Bertz CT molecular complexity index is 587. The molecule has 4 aliphatic rings. The van der Waals surface area contributed by atoms with Crippen molar-refractivity contribution in [2.24, 2.45) is 34.5 Å². The highest BCUT2D eigenvalue weighted by atomic mass is 19.3. The van der Waals surface area contributed by atoms with Crippen LogP contribution in [0.15, 0.2) is 11.6 Å². The molecule has 1 nitrogen and oxygen atoms in total. The fraction of sp³-hybridized carbons (Fsp3) is 0.913. The fourth-order valence-electron chi connectivity index (χ4n) is 8.02. The van der Waals surface area contributed by atoms with Crippen LogP contribution in [0.1, 0.15) is 85.0 Å². The van der Waals surface area contributed by atoms with Crippen LogP contribution in [0.4, 0.5) is 8.78 Å². The summed E-state index contributed by atoms with van der Waals surface area (Å²) in [7, 11) is 0. The second-order valence-corrected chi connectivity index (χ2v) is 10.5. The van der Waals surface area contributed by atoms with Crippen LogP contribution in [0.25, 0.3) is 0 Å². The molecule has 1 N–H and O–H groups in total. The summed E-state index contributed by atoms with van der Waals surface area (Å²) >= 11 is 0. The van der Waals surface area contributed by atoms with E-state index < -0.39 is 12.0 Å². The van der Waals surface area contributed by atoms with Gasteiger partial charge in [-0.3, -0.25) is 0 Å². The number of hydrogen-bond acceptors (Lipinski definition) is 1. The van der Waals surface area contributed by atoms with Crippen molar-refractivity contribution in [1.82, 2.24) is 0 Å². The van der Waals surface area contributed by atoms with Crippen LogP contribution < -0.4 is 0 Å². The van der Waals surface area contributed by atoms with Crippen molar-refractivity contribution in [1.29, 1.82) is 0 Å². The van der Waals surface area contributed by atoms with Gasteiger partial charge in [-0.2, -0.15) is 0 Å². The van der Waals surface area contributed by atoms with Crippen LogP contribution in [0, 0.1) is 34.5 Å². The lowest BCUT2D eigenvalue weighted by Crippen LogP contribution is -2.56. The minimum absolute atomic E-state index is 0.0982. The predicted octanol–water partition coefficient (Wildman–Crippen LogP) is 6.36. The van der Waals surface area contributed by atoms with Gasteiger partial charge in [-0.1, -0.05) is 32.4 Å². The maximum absolute atomic E-state index is 13.5. The molecule has 0 amide bonds. The number of hydrogen-bond donors (Lipinski definition) is 1. The van der Waals surface area contributed by atoms with E-state index in [1.165, 1.54) is 32.1 Å². The minimum atomic E-state index is -2.61. The van der Waals surface area contributed by atoms with E-state index in [4.69, 9.17) is 0 Å². The third kappa shape index (κ3) is 2.63. The monoisotopic (exact) mass is 366 g/mol. The molecule has 0 spiro atoms. The highest BCUT2D eigenvalue weighted by Crippen LogP contribution is 2.67. The van der Waals surface area contributed by atoms with Crippen molar-refractivity contribution in [3.05, 3.63) is 11.6 Å². The first-order valence-corrected chi connectivity index (χ1v) is 10.9. The highest BCUT2D eigenvalue weighted by molar-refractivity contribution is 5.24. The Morgan fingerprint density at radius 3 is 2.42 bits per heavy atom. The second-order valence-electron chi connectivity index (χ2n) is 10.5. The van der Waals surface area contributed by atoms with Gasteiger partial charge in [-0.05, 0) is 98.7 Å². The quantitative estimate of drug-likeness (QED) is 0.564. The molecule has 3 heteroatoms. The second kappa shape index (κ2) is 6.29. The Kier molecular flexibility index (Phi) is 4.57. The van der Waals surface area contributed by atoms with Gasteiger partial charge in [0.2, 0.25) is 0 Å². The first-order valence-electron chi connectivity index (χ1n) is 10.9. The van der Waals surface area contributed by atoms with Gasteiger partial charge in [0, 0.05) is 0 Å². The van der Waals surface area contributed by atoms with E-state index in [9.17, 15) is 13.9 Å². The van der Waals surface area contributed by atoms with Gasteiger partial charge in [0.15, 0.2) is 0 Å². The van der Waals surface area contributed by atoms with Crippen molar-refractivity contribution in [3.63, 3.8) is 0 Å². The zero-order valence-corrected chi connectivity index (χ0v) is 16.7. The topological polar surface area (TPSA) is 20.2 Å². The highest BCUT2D eigenvalue weighted by Gasteiger charge is 2.60. The molecule has 4 saturated carbocycles. The normalized spacial score (nSPS) is 52.7. The van der Waals surface area contributed by atoms with E-state index in [0.29, 0.717) is 23.7 Å². The maximum atomic E-state index is 13.5. The number of rotatable bonds is 2. The number of fused-ring (bicyclic) bond motifs is 5. The molecule has 0 heterocycles. The molecule has 26 heavy (non-hydrogen) atoms. The summed E-state index contributed by atoms with van der Waals surface area (Å²) in [6.07, 6.45) is 9.72. The van der Waals surface area contributed by atoms with Crippen molar-refractivity contribution >= 4 is 0 Å². The summed E-state index contributed by atoms with van der Waals surface area (Å²) in [6.45, 7) is 6.95. The zero-order valence-electron chi connectivity index (χ0n) is 16.7. The van der Waals surface area contributed by atoms with E-state index in [-0.39, 0.29) is 11.8 Å². The lowest BCUT2D eigenvalue weighted by atomic mass is 9.45. The molecule has 0 aromatic rings. The Morgan fingerprint density at radius 2 is 1.73 bits per heavy atom.